The molecule has 128 valence electrons. The Morgan fingerprint density at radius 2 is 2.04 bits per heavy atom. The molecule has 24 heavy (non-hydrogen) atoms. The van der Waals surface area contributed by atoms with Crippen LogP contribution in [0.15, 0.2) is 29.5 Å². The van der Waals surface area contributed by atoms with E-state index in [9.17, 15) is 4.79 Å². The van der Waals surface area contributed by atoms with Crippen LogP contribution in [-0.2, 0) is 22.4 Å². The Hall–Kier alpha value is -2.23. The lowest BCUT2D eigenvalue weighted by molar-refractivity contribution is -0.120. The molecule has 0 heterocycles. The minimum Gasteiger partial charge on any atom is -0.496 e. The number of rotatable bonds is 6. The van der Waals surface area contributed by atoms with Crippen LogP contribution in [0.3, 0.4) is 0 Å². The fourth-order valence-corrected chi connectivity index (χ4v) is 3.69. The smallest absolute Gasteiger partial charge is 0.219 e. The Balaban J connectivity index is 1.99. The molecular weight excluding hydrogens is 302 g/mol. The van der Waals surface area contributed by atoms with Crippen LogP contribution in [0, 0.1) is 0 Å². The standard InChI is InChI=1S/C20H25NO3/c1-4-18(22)21-12-11-14-5-8-15-16(23-2)9-6-13-7-10-17(24-3)20(14)19(13)15/h6,9-10H,4-5,7-8,11-12H2,1-3H3,(H,21,22). The number of hydrogen-bond donors (Lipinski definition) is 1. The summed E-state index contributed by atoms with van der Waals surface area (Å²) in [6.07, 6.45) is 6.38. The Morgan fingerprint density at radius 3 is 2.75 bits per heavy atom. The zero-order valence-corrected chi connectivity index (χ0v) is 14.7. The van der Waals surface area contributed by atoms with Crippen molar-refractivity contribution in [3.8, 4) is 5.75 Å². The zero-order valence-electron chi connectivity index (χ0n) is 14.7. The van der Waals surface area contributed by atoms with Gasteiger partial charge in [-0.15, -0.1) is 0 Å². The van der Waals surface area contributed by atoms with Crippen molar-refractivity contribution in [1.82, 2.24) is 5.32 Å². The minimum absolute atomic E-state index is 0.102. The molecule has 0 fully saturated rings. The van der Waals surface area contributed by atoms with Crippen LogP contribution < -0.4 is 10.1 Å². The first-order chi connectivity index (χ1) is 11.7. The molecule has 3 rings (SSSR count). The quantitative estimate of drug-likeness (QED) is 0.871. The second-order valence-corrected chi connectivity index (χ2v) is 6.19. The van der Waals surface area contributed by atoms with E-state index in [4.69, 9.17) is 9.47 Å². The van der Waals surface area contributed by atoms with Crippen LogP contribution in [0.25, 0.3) is 5.57 Å². The van der Waals surface area contributed by atoms with Gasteiger partial charge in [0.2, 0.25) is 5.91 Å². The Kier molecular flexibility index (Phi) is 4.93. The van der Waals surface area contributed by atoms with E-state index < -0.39 is 0 Å². The van der Waals surface area contributed by atoms with Gasteiger partial charge in [0, 0.05) is 24.1 Å². The highest BCUT2D eigenvalue weighted by Gasteiger charge is 2.29. The van der Waals surface area contributed by atoms with Crippen molar-refractivity contribution >= 4 is 11.5 Å². The SMILES string of the molecule is CCC(=O)NCCC1=C2C(OC)=CCc3ccc(OC)c(c32)CC1. The maximum Gasteiger partial charge on any atom is 0.219 e. The van der Waals surface area contributed by atoms with Crippen molar-refractivity contribution in [3.05, 3.63) is 46.2 Å². The molecular formula is C20H25NO3. The number of carbonyl (C=O) groups is 1. The molecule has 1 N–H and O–H groups in total. The molecule has 0 aromatic heterocycles. The van der Waals surface area contributed by atoms with Gasteiger partial charge in [-0.3, -0.25) is 4.79 Å². The van der Waals surface area contributed by atoms with Crippen molar-refractivity contribution in [2.24, 2.45) is 0 Å². The van der Waals surface area contributed by atoms with Gasteiger partial charge in [0.25, 0.3) is 0 Å². The van der Waals surface area contributed by atoms with Crippen molar-refractivity contribution in [1.29, 1.82) is 0 Å². The Labute approximate surface area is 143 Å². The number of ether oxygens (including phenoxy) is 2. The normalized spacial score (nSPS) is 15.5. The molecule has 0 radical (unpaired) electrons. The van der Waals surface area contributed by atoms with Gasteiger partial charge in [-0.2, -0.15) is 0 Å². The molecule has 2 aliphatic rings. The van der Waals surface area contributed by atoms with Crippen molar-refractivity contribution in [2.75, 3.05) is 20.8 Å². The third-order valence-electron chi connectivity index (χ3n) is 4.90. The molecule has 4 heteroatoms. The lowest BCUT2D eigenvalue weighted by atomic mass is 9.77. The number of hydrogen-bond acceptors (Lipinski definition) is 3. The number of amides is 1. The van der Waals surface area contributed by atoms with Gasteiger partial charge >= 0.3 is 0 Å². The third-order valence-corrected chi connectivity index (χ3v) is 4.90. The highest BCUT2D eigenvalue weighted by atomic mass is 16.5. The number of methoxy groups -OCH3 is 2. The van der Waals surface area contributed by atoms with E-state index in [0.29, 0.717) is 13.0 Å². The van der Waals surface area contributed by atoms with Gasteiger partial charge in [0.1, 0.15) is 11.5 Å². The summed E-state index contributed by atoms with van der Waals surface area (Å²) in [6.45, 7) is 2.55. The summed E-state index contributed by atoms with van der Waals surface area (Å²) >= 11 is 0. The van der Waals surface area contributed by atoms with E-state index in [2.05, 4.69) is 23.5 Å². The third kappa shape index (κ3) is 2.93. The lowest BCUT2D eigenvalue weighted by Gasteiger charge is -2.30. The van der Waals surface area contributed by atoms with Crippen LogP contribution in [-0.4, -0.2) is 26.7 Å². The van der Waals surface area contributed by atoms with Crippen molar-refractivity contribution in [2.45, 2.75) is 39.0 Å². The van der Waals surface area contributed by atoms with Crippen molar-refractivity contribution < 1.29 is 14.3 Å². The topological polar surface area (TPSA) is 47.6 Å². The number of carbonyl (C=O) groups excluding carboxylic acids is 1. The van der Waals surface area contributed by atoms with Crippen LogP contribution >= 0.6 is 0 Å². The molecule has 0 aliphatic heterocycles. The molecule has 0 spiro atoms. The fraction of sp³-hybridized carbons (Fsp3) is 0.450. The average molecular weight is 327 g/mol. The van der Waals surface area contributed by atoms with Gasteiger partial charge in [0.15, 0.2) is 0 Å². The summed E-state index contributed by atoms with van der Waals surface area (Å²) in [7, 11) is 3.46. The highest BCUT2D eigenvalue weighted by Crippen LogP contribution is 2.45. The monoisotopic (exact) mass is 327 g/mol. The average Bonchev–Trinajstić information content (AvgIpc) is 2.63. The number of benzene rings is 1. The second kappa shape index (κ2) is 7.12. The van der Waals surface area contributed by atoms with Gasteiger partial charge in [0.05, 0.1) is 14.2 Å². The van der Waals surface area contributed by atoms with E-state index >= 15 is 0 Å². The largest absolute Gasteiger partial charge is 0.496 e. The van der Waals surface area contributed by atoms with Gasteiger partial charge < -0.3 is 14.8 Å². The van der Waals surface area contributed by atoms with Gasteiger partial charge in [-0.1, -0.05) is 18.6 Å². The van der Waals surface area contributed by atoms with E-state index in [-0.39, 0.29) is 5.91 Å². The summed E-state index contributed by atoms with van der Waals surface area (Å²) in [5.74, 6) is 2.01. The molecule has 1 aromatic rings. The highest BCUT2D eigenvalue weighted by molar-refractivity contribution is 5.87. The molecule has 0 bridgehead atoms. The summed E-state index contributed by atoms with van der Waals surface area (Å²) in [4.78, 5) is 11.5. The first kappa shape index (κ1) is 16.6. The summed E-state index contributed by atoms with van der Waals surface area (Å²) in [5, 5.41) is 2.98. The minimum atomic E-state index is 0.102. The van der Waals surface area contributed by atoms with Crippen LogP contribution in [0.5, 0.6) is 5.75 Å². The maximum absolute atomic E-state index is 11.5. The molecule has 0 atom stereocenters. The molecule has 0 saturated heterocycles. The molecule has 1 amide bonds. The van der Waals surface area contributed by atoms with E-state index in [1.54, 1.807) is 14.2 Å². The summed E-state index contributed by atoms with van der Waals surface area (Å²) in [6, 6.07) is 4.23. The maximum atomic E-state index is 11.5. The Bertz CT molecular complexity index is 716. The van der Waals surface area contributed by atoms with Crippen LogP contribution in [0.4, 0.5) is 0 Å². The fourth-order valence-electron chi connectivity index (χ4n) is 3.69. The molecule has 4 nitrogen and oxygen atoms in total. The second-order valence-electron chi connectivity index (χ2n) is 6.19. The summed E-state index contributed by atoms with van der Waals surface area (Å²) < 4.78 is 11.2. The molecule has 2 aliphatic carbocycles. The van der Waals surface area contributed by atoms with Gasteiger partial charge in [-0.05, 0) is 49.0 Å². The van der Waals surface area contributed by atoms with Gasteiger partial charge in [-0.25, -0.2) is 0 Å². The predicted octanol–water partition coefficient (Wildman–Crippen LogP) is 3.40. The Morgan fingerprint density at radius 1 is 1.21 bits per heavy atom. The first-order valence-electron chi connectivity index (χ1n) is 8.61. The first-order valence-corrected chi connectivity index (χ1v) is 8.61. The van der Waals surface area contributed by atoms with E-state index in [1.807, 2.05) is 6.92 Å². The summed E-state index contributed by atoms with van der Waals surface area (Å²) in [5.41, 5.74) is 6.48. The van der Waals surface area contributed by atoms with Crippen LogP contribution in [0.2, 0.25) is 0 Å². The number of nitrogens with one attached hydrogen (secondary N) is 1. The predicted molar refractivity (Wildman–Crippen MR) is 94.9 cm³/mol. The lowest BCUT2D eigenvalue weighted by Crippen LogP contribution is -2.24. The molecule has 0 saturated carbocycles. The van der Waals surface area contributed by atoms with Crippen molar-refractivity contribution in [3.63, 3.8) is 0 Å². The molecule has 1 aromatic carbocycles. The van der Waals surface area contributed by atoms with Crippen LogP contribution in [0.1, 0.15) is 42.9 Å². The number of allylic oxidation sites excluding steroid dienone is 2. The molecule has 0 unspecified atom stereocenters. The zero-order chi connectivity index (χ0) is 17.1. The van der Waals surface area contributed by atoms with E-state index in [0.717, 1.165) is 37.2 Å². The van der Waals surface area contributed by atoms with E-state index in [1.165, 1.54) is 27.8 Å².